The first kappa shape index (κ1) is 16.4. The highest BCUT2D eigenvalue weighted by molar-refractivity contribution is 5.95. The summed E-state index contributed by atoms with van der Waals surface area (Å²) in [6, 6.07) is 1.27. The normalized spacial score (nSPS) is 25.0. The SMILES string of the molecule is CCC[C@@]1(C(=O)O)CN(C(=O)c2ccncc2F)CC[C@@H]1O. The van der Waals surface area contributed by atoms with E-state index in [2.05, 4.69) is 4.98 Å². The van der Waals surface area contributed by atoms with Gasteiger partial charge in [-0.25, -0.2) is 4.39 Å². The summed E-state index contributed by atoms with van der Waals surface area (Å²) < 4.78 is 13.7. The maximum atomic E-state index is 13.7. The number of aliphatic hydroxyl groups is 1. The van der Waals surface area contributed by atoms with E-state index < -0.39 is 29.2 Å². The minimum absolute atomic E-state index is 0.127. The van der Waals surface area contributed by atoms with Gasteiger partial charge in [0.25, 0.3) is 5.91 Å². The average Bonchev–Trinajstić information content (AvgIpc) is 2.49. The zero-order chi connectivity index (χ0) is 16.3. The average molecular weight is 310 g/mol. The lowest BCUT2D eigenvalue weighted by molar-refractivity contribution is -0.162. The van der Waals surface area contributed by atoms with Gasteiger partial charge >= 0.3 is 5.97 Å². The summed E-state index contributed by atoms with van der Waals surface area (Å²) in [5, 5.41) is 19.7. The Balaban J connectivity index is 2.28. The van der Waals surface area contributed by atoms with Gasteiger partial charge in [0, 0.05) is 19.3 Å². The summed E-state index contributed by atoms with van der Waals surface area (Å²) in [5.74, 6) is -2.45. The largest absolute Gasteiger partial charge is 0.481 e. The van der Waals surface area contributed by atoms with Crippen LogP contribution in [-0.4, -0.2) is 51.2 Å². The van der Waals surface area contributed by atoms with Gasteiger partial charge in [0.15, 0.2) is 5.82 Å². The molecule has 2 heterocycles. The van der Waals surface area contributed by atoms with E-state index >= 15 is 0 Å². The second-order valence-electron chi connectivity index (χ2n) is 5.60. The maximum Gasteiger partial charge on any atom is 0.314 e. The fraction of sp³-hybridized carbons (Fsp3) is 0.533. The molecular formula is C15H19FN2O4. The van der Waals surface area contributed by atoms with Crippen molar-refractivity contribution < 1.29 is 24.2 Å². The number of likely N-dealkylation sites (tertiary alicyclic amines) is 1. The van der Waals surface area contributed by atoms with E-state index in [1.54, 1.807) is 0 Å². The van der Waals surface area contributed by atoms with Gasteiger partial charge < -0.3 is 15.1 Å². The lowest BCUT2D eigenvalue weighted by Gasteiger charge is -2.43. The molecule has 22 heavy (non-hydrogen) atoms. The molecule has 1 aliphatic rings. The number of carboxylic acids is 1. The van der Waals surface area contributed by atoms with Crippen molar-refractivity contribution in [2.45, 2.75) is 32.3 Å². The highest BCUT2D eigenvalue weighted by Gasteiger charge is 2.49. The molecular weight excluding hydrogens is 291 g/mol. The van der Waals surface area contributed by atoms with Crippen molar-refractivity contribution >= 4 is 11.9 Å². The highest BCUT2D eigenvalue weighted by atomic mass is 19.1. The quantitative estimate of drug-likeness (QED) is 0.874. The van der Waals surface area contributed by atoms with Gasteiger partial charge in [-0.3, -0.25) is 14.6 Å². The molecule has 1 aromatic rings. The Morgan fingerprint density at radius 2 is 2.27 bits per heavy atom. The molecule has 1 fully saturated rings. The first-order chi connectivity index (χ1) is 10.4. The number of rotatable bonds is 4. The fourth-order valence-corrected chi connectivity index (χ4v) is 2.98. The number of carbonyl (C=O) groups is 2. The molecule has 6 nitrogen and oxygen atoms in total. The molecule has 1 aromatic heterocycles. The molecule has 0 aliphatic carbocycles. The van der Waals surface area contributed by atoms with Crippen LogP contribution < -0.4 is 0 Å². The molecule has 0 saturated carbocycles. The number of aromatic nitrogens is 1. The summed E-state index contributed by atoms with van der Waals surface area (Å²) in [7, 11) is 0. The van der Waals surface area contributed by atoms with Crippen molar-refractivity contribution in [1.82, 2.24) is 9.88 Å². The van der Waals surface area contributed by atoms with Crippen LogP contribution in [0.2, 0.25) is 0 Å². The number of pyridine rings is 1. The van der Waals surface area contributed by atoms with Gasteiger partial charge in [0.2, 0.25) is 0 Å². The molecule has 2 N–H and O–H groups in total. The van der Waals surface area contributed by atoms with Gasteiger partial charge in [-0.2, -0.15) is 0 Å². The molecule has 0 aromatic carbocycles. The number of piperidine rings is 1. The standard InChI is InChI=1S/C15H19FN2O4/c1-2-5-15(14(21)22)9-18(7-4-12(15)19)13(20)10-3-6-17-8-11(10)16/h3,6,8,12,19H,2,4-5,7,9H2,1H3,(H,21,22)/t12-,15+/m0/s1. The molecule has 1 amide bonds. The molecule has 0 radical (unpaired) electrons. The van der Waals surface area contributed by atoms with E-state index in [1.807, 2.05) is 6.92 Å². The van der Waals surface area contributed by atoms with Crippen LogP contribution in [-0.2, 0) is 4.79 Å². The fourth-order valence-electron chi connectivity index (χ4n) is 2.98. The van der Waals surface area contributed by atoms with E-state index in [4.69, 9.17) is 0 Å². The molecule has 0 unspecified atom stereocenters. The summed E-state index contributed by atoms with van der Waals surface area (Å²) in [6.45, 7) is 1.89. The summed E-state index contributed by atoms with van der Waals surface area (Å²) in [6.07, 6.45) is 2.22. The number of carbonyl (C=O) groups excluding carboxylic acids is 1. The van der Waals surface area contributed by atoms with E-state index in [-0.39, 0.29) is 31.5 Å². The van der Waals surface area contributed by atoms with Crippen molar-refractivity contribution in [3.8, 4) is 0 Å². The van der Waals surface area contributed by atoms with Gasteiger partial charge in [-0.05, 0) is 18.9 Å². The molecule has 2 rings (SSSR count). The Kier molecular flexibility index (Phi) is 4.75. The number of amides is 1. The Morgan fingerprint density at radius 1 is 1.55 bits per heavy atom. The maximum absolute atomic E-state index is 13.7. The zero-order valence-electron chi connectivity index (χ0n) is 12.3. The number of halogens is 1. The number of aliphatic hydroxyl groups excluding tert-OH is 1. The van der Waals surface area contributed by atoms with E-state index in [0.29, 0.717) is 6.42 Å². The van der Waals surface area contributed by atoms with Crippen LogP contribution in [0.15, 0.2) is 18.5 Å². The van der Waals surface area contributed by atoms with Crippen molar-refractivity contribution in [3.05, 3.63) is 29.8 Å². The Morgan fingerprint density at radius 3 is 2.86 bits per heavy atom. The van der Waals surface area contributed by atoms with Crippen molar-refractivity contribution in [2.24, 2.45) is 5.41 Å². The van der Waals surface area contributed by atoms with Crippen molar-refractivity contribution in [2.75, 3.05) is 13.1 Å². The highest BCUT2D eigenvalue weighted by Crippen LogP contribution is 2.36. The predicted molar refractivity (Wildman–Crippen MR) is 75.7 cm³/mol. The lowest BCUT2D eigenvalue weighted by atomic mass is 9.74. The van der Waals surface area contributed by atoms with Crippen LogP contribution in [0.1, 0.15) is 36.5 Å². The minimum Gasteiger partial charge on any atom is -0.481 e. The second-order valence-corrected chi connectivity index (χ2v) is 5.60. The summed E-state index contributed by atoms with van der Waals surface area (Å²) in [5.41, 5.74) is -1.53. The van der Waals surface area contributed by atoms with Gasteiger partial charge in [0.1, 0.15) is 5.41 Å². The Labute approximate surface area is 127 Å². The van der Waals surface area contributed by atoms with Crippen LogP contribution >= 0.6 is 0 Å². The van der Waals surface area contributed by atoms with Crippen LogP contribution in [0.5, 0.6) is 0 Å². The van der Waals surface area contributed by atoms with Crippen molar-refractivity contribution in [1.29, 1.82) is 0 Å². The van der Waals surface area contributed by atoms with E-state index in [1.165, 1.54) is 17.2 Å². The van der Waals surface area contributed by atoms with Gasteiger partial charge in [-0.1, -0.05) is 13.3 Å². The van der Waals surface area contributed by atoms with E-state index in [0.717, 1.165) is 6.20 Å². The number of hydrogen-bond donors (Lipinski definition) is 2. The molecule has 7 heteroatoms. The first-order valence-corrected chi connectivity index (χ1v) is 7.22. The number of carboxylic acid groups (broad SMARTS) is 1. The molecule has 2 atom stereocenters. The predicted octanol–water partition coefficient (Wildman–Crippen LogP) is 1.30. The molecule has 1 saturated heterocycles. The van der Waals surface area contributed by atoms with Gasteiger partial charge in [0.05, 0.1) is 17.9 Å². The third-order valence-electron chi connectivity index (χ3n) is 4.20. The van der Waals surface area contributed by atoms with Crippen LogP contribution in [0, 0.1) is 11.2 Å². The third-order valence-corrected chi connectivity index (χ3v) is 4.20. The number of aliphatic carboxylic acids is 1. The Bertz CT molecular complexity index is 580. The zero-order valence-corrected chi connectivity index (χ0v) is 12.3. The van der Waals surface area contributed by atoms with Crippen LogP contribution in [0.25, 0.3) is 0 Å². The molecule has 1 aliphatic heterocycles. The summed E-state index contributed by atoms with van der Waals surface area (Å²) in [4.78, 5) is 29.0. The third kappa shape index (κ3) is 2.81. The topological polar surface area (TPSA) is 90.7 Å². The lowest BCUT2D eigenvalue weighted by Crippen LogP contribution is -2.57. The van der Waals surface area contributed by atoms with Crippen LogP contribution in [0.4, 0.5) is 4.39 Å². The minimum atomic E-state index is -1.40. The molecule has 120 valence electrons. The number of nitrogens with zero attached hydrogens (tertiary/aromatic N) is 2. The molecule has 0 spiro atoms. The smallest absolute Gasteiger partial charge is 0.314 e. The molecule has 0 bridgehead atoms. The van der Waals surface area contributed by atoms with Crippen LogP contribution in [0.3, 0.4) is 0 Å². The van der Waals surface area contributed by atoms with Gasteiger partial charge in [-0.15, -0.1) is 0 Å². The van der Waals surface area contributed by atoms with Crippen molar-refractivity contribution in [3.63, 3.8) is 0 Å². The number of hydrogen-bond acceptors (Lipinski definition) is 4. The van der Waals surface area contributed by atoms with E-state index in [9.17, 15) is 24.2 Å². The monoisotopic (exact) mass is 310 g/mol. The first-order valence-electron chi connectivity index (χ1n) is 7.22. The Hall–Kier alpha value is -2.02. The summed E-state index contributed by atoms with van der Waals surface area (Å²) >= 11 is 0. The second kappa shape index (κ2) is 6.39.